The van der Waals surface area contributed by atoms with Gasteiger partial charge in [0.15, 0.2) is 5.78 Å². The van der Waals surface area contributed by atoms with Gasteiger partial charge in [-0.1, -0.05) is 61.4 Å². The van der Waals surface area contributed by atoms with Crippen molar-refractivity contribution in [2.75, 3.05) is 0 Å². The number of Topliss-reactive ketones (excluding diaryl/α,β-unsaturated/α-hetero) is 1. The van der Waals surface area contributed by atoms with Crippen LogP contribution in [0.4, 0.5) is 0 Å². The Morgan fingerprint density at radius 2 is 1.80 bits per heavy atom. The third-order valence-corrected chi connectivity index (χ3v) is 6.44. The van der Waals surface area contributed by atoms with Gasteiger partial charge in [0.05, 0.1) is 10.9 Å². The fourth-order valence-electron chi connectivity index (χ4n) is 3.22. The molecule has 0 bridgehead atoms. The van der Waals surface area contributed by atoms with Crippen molar-refractivity contribution in [3.05, 3.63) is 65.7 Å². The number of nitrogens with zero attached hydrogens (tertiary/aromatic N) is 1. The summed E-state index contributed by atoms with van der Waals surface area (Å²) in [6.07, 6.45) is 2.12. The van der Waals surface area contributed by atoms with Crippen molar-refractivity contribution in [3.8, 4) is 0 Å². The Bertz CT molecular complexity index is 862. The Labute approximate surface area is 149 Å². The van der Waals surface area contributed by atoms with Gasteiger partial charge in [-0.05, 0) is 31.0 Å². The summed E-state index contributed by atoms with van der Waals surface area (Å²) in [6.45, 7) is 3.99. The van der Waals surface area contributed by atoms with E-state index in [0.717, 1.165) is 24.0 Å². The summed E-state index contributed by atoms with van der Waals surface area (Å²) in [5, 5.41) is 0. The molecular weight excluding hydrogens is 334 g/mol. The van der Waals surface area contributed by atoms with Crippen molar-refractivity contribution in [2.24, 2.45) is 0 Å². The molecule has 0 radical (unpaired) electrons. The Balaban J connectivity index is 1.96. The van der Waals surface area contributed by atoms with Crippen molar-refractivity contribution < 1.29 is 13.2 Å². The molecule has 0 N–H and O–H groups in total. The van der Waals surface area contributed by atoms with E-state index in [1.54, 1.807) is 30.3 Å². The molecule has 1 fully saturated rings. The number of benzene rings is 2. The fourth-order valence-corrected chi connectivity index (χ4v) is 4.98. The molecule has 2 aromatic carbocycles. The van der Waals surface area contributed by atoms with Gasteiger partial charge < -0.3 is 0 Å². The van der Waals surface area contributed by atoms with E-state index in [1.807, 2.05) is 38.1 Å². The zero-order valence-electron chi connectivity index (χ0n) is 14.6. The molecule has 1 aliphatic heterocycles. The lowest BCUT2D eigenvalue weighted by Crippen LogP contribution is -2.19. The first kappa shape index (κ1) is 17.8. The zero-order valence-corrected chi connectivity index (χ0v) is 15.4. The molecule has 1 saturated heterocycles. The highest BCUT2D eigenvalue weighted by molar-refractivity contribution is 7.89. The first-order valence-electron chi connectivity index (χ1n) is 8.64. The number of ketones is 1. The predicted molar refractivity (Wildman–Crippen MR) is 97.7 cm³/mol. The van der Waals surface area contributed by atoms with Crippen molar-refractivity contribution in [2.45, 2.75) is 50.1 Å². The van der Waals surface area contributed by atoms with Gasteiger partial charge in [0.25, 0.3) is 0 Å². The Morgan fingerprint density at radius 3 is 2.44 bits per heavy atom. The van der Waals surface area contributed by atoms with Gasteiger partial charge in [-0.15, -0.1) is 0 Å². The number of rotatable bonds is 7. The van der Waals surface area contributed by atoms with E-state index in [0.29, 0.717) is 6.42 Å². The van der Waals surface area contributed by atoms with E-state index in [1.165, 1.54) is 4.31 Å². The van der Waals surface area contributed by atoms with Crippen molar-refractivity contribution in [1.82, 2.24) is 4.31 Å². The van der Waals surface area contributed by atoms with Crippen LogP contribution in [-0.4, -0.2) is 24.5 Å². The first-order chi connectivity index (χ1) is 12.0. The molecule has 0 saturated carbocycles. The third kappa shape index (κ3) is 3.53. The number of sulfonamides is 1. The molecule has 0 aliphatic carbocycles. The molecule has 5 heteroatoms. The van der Waals surface area contributed by atoms with E-state index < -0.39 is 22.1 Å². The summed E-state index contributed by atoms with van der Waals surface area (Å²) < 4.78 is 27.4. The standard InChI is InChI=1S/C20H23NO3S/c1-3-4-13-18(22)20-19(16-10-8-9-15(2)14-16)21(20)25(23,24)17-11-6-5-7-12-17/h5-12,14,19-20H,3-4,13H2,1-2H3/t19-,20+,21?/m1/s1. The summed E-state index contributed by atoms with van der Waals surface area (Å²) in [5.41, 5.74) is 1.94. The Morgan fingerprint density at radius 1 is 1.08 bits per heavy atom. The summed E-state index contributed by atoms with van der Waals surface area (Å²) >= 11 is 0. The topological polar surface area (TPSA) is 54.2 Å². The number of unbranched alkanes of at least 4 members (excludes halogenated alkanes) is 1. The second kappa shape index (κ2) is 7.10. The highest BCUT2D eigenvalue weighted by Gasteiger charge is 2.59. The van der Waals surface area contributed by atoms with Gasteiger partial charge in [-0.3, -0.25) is 4.79 Å². The van der Waals surface area contributed by atoms with Crippen LogP contribution in [-0.2, 0) is 14.8 Å². The molecule has 1 heterocycles. The van der Waals surface area contributed by atoms with E-state index in [4.69, 9.17) is 0 Å². The van der Waals surface area contributed by atoms with Crippen molar-refractivity contribution >= 4 is 15.8 Å². The van der Waals surface area contributed by atoms with Gasteiger partial charge in [0.2, 0.25) is 10.0 Å². The lowest BCUT2D eigenvalue weighted by molar-refractivity contribution is -0.119. The minimum atomic E-state index is -3.68. The minimum Gasteiger partial charge on any atom is -0.298 e. The molecule has 3 atom stereocenters. The molecule has 3 rings (SSSR count). The van der Waals surface area contributed by atoms with Crippen LogP contribution in [0.15, 0.2) is 59.5 Å². The summed E-state index contributed by atoms with van der Waals surface area (Å²) in [5.74, 6) is 0.00728. The highest BCUT2D eigenvalue weighted by atomic mass is 32.2. The molecule has 25 heavy (non-hydrogen) atoms. The monoisotopic (exact) mass is 357 g/mol. The summed E-state index contributed by atoms with van der Waals surface area (Å²) in [7, 11) is -3.68. The molecule has 1 aliphatic rings. The van der Waals surface area contributed by atoms with Crippen LogP contribution in [0.1, 0.15) is 43.4 Å². The second-order valence-corrected chi connectivity index (χ2v) is 8.36. The van der Waals surface area contributed by atoms with Gasteiger partial charge in [-0.2, -0.15) is 4.31 Å². The van der Waals surface area contributed by atoms with Crippen LogP contribution in [0.3, 0.4) is 0 Å². The Hall–Kier alpha value is -1.98. The van der Waals surface area contributed by atoms with E-state index in [-0.39, 0.29) is 10.7 Å². The number of aryl methyl sites for hydroxylation is 1. The van der Waals surface area contributed by atoms with Gasteiger partial charge in [0.1, 0.15) is 6.04 Å². The molecule has 2 aromatic rings. The third-order valence-electron chi connectivity index (χ3n) is 4.57. The van der Waals surface area contributed by atoms with Crippen LogP contribution in [0.5, 0.6) is 0 Å². The maximum atomic E-state index is 13.0. The van der Waals surface area contributed by atoms with Crippen LogP contribution >= 0.6 is 0 Å². The molecule has 0 amide bonds. The van der Waals surface area contributed by atoms with Crippen LogP contribution in [0, 0.1) is 6.92 Å². The predicted octanol–water partition coefficient (Wildman–Crippen LogP) is 3.87. The average Bonchev–Trinajstić information content (AvgIpc) is 3.37. The average molecular weight is 357 g/mol. The van der Waals surface area contributed by atoms with Crippen LogP contribution in [0.2, 0.25) is 0 Å². The summed E-state index contributed by atoms with van der Waals surface area (Å²) in [6, 6.07) is 15.1. The fraction of sp³-hybridized carbons (Fsp3) is 0.350. The molecule has 132 valence electrons. The van der Waals surface area contributed by atoms with Crippen molar-refractivity contribution in [3.63, 3.8) is 0 Å². The molecule has 1 unspecified atom stereocenters. The lowest BCUT2D eigenvalue weighted by atomic mass is 10.0. The first-order valence-corrected chi connectivity index (χ1v) is 10.1. The second-order valence-electron chi connectivity index (χ2n) is 6.52. The van der Waals surface area contributed by atoms with Crippen LogP contribution < -0.4 is 0 Å². The minimum absolute atomic E-state index is 0.00728. The van der Waals surface area contributed by atoms with Gasteiger partial charge in [-0.25, -0.2) is 8.42 Å². The molecule has 0 aromatic heterocycles. The largest absolute Gasteiger partial charge is 0.298 e. The number of carbonyl (C=O) groups is 1. The van der Waals surface area contributed by atoms with Crippen molar-refractivity contribution in [1.29, 1.82) is 0 Å². The normalized spacial score (nSPS) is 22.6. The molecule has 0 spiro atoms. The maximum absolute atomic E-state index is 13.0. The van der Waals surface area contributed by atoms with Gasteiger partial charge in [0, 0.05) is 6.42 Å². The van der Waals surface area contributed by atoms with E-state index in [9.17, 15) is 13.2 Å². The maximum Gasteiger partial charge on any atom is 0.244 e. The SMILES string of the molecule is CCCCC(=O)[C@H]1[C@@H](c2cccc(C)c2)N1S(=O)(=O)c1ccccc1. The smallest absolute Gasteiger partial charge is 0.244 e. The lowest BCUT2D eigenvalue weighted by Gasteiger charge is -2.07. The summed E-state index contributed by atoms with van der Waals surface area (Å²) in [4.78, 5) is 12.8. The van der Waals surface area contributed by atoms with Crippen LogP contribution in [0.25, 0.3) is 0 Å². The van der Waals surface area contributed by atoms with E-state index >= 15 is 0 Å². The highest BCUT2D eigenvalue weighted by Crippen LogP contribution is 2.48. The molecule has 4 nitrogen and oxygen atoms in total. The number of hydrogen-bond acceptors (Lipinski definition) is 3. The van der Waals surface area contributed by atoms with E-state index in [2.05, 4.69) is 0 Å². The quantitative estimate of drug-likeness (QED) is 0.707. The number of carbonyl (C=O) groups excluding carboxylic acids is 1. The Kier molecular flexibility index (Phi) is 5.06. The molecular formula is C20H23NO3S. The zero-order chi connectivity index (χ0) is 18.0. The van der Waals surface area contributed by atoms with Gasteiger partial charge >= 0.3 is 0 Å². The number of hydrogen-bond donors (Lipinski definition) is 0.